The smallest absolute Gasteiger partial charge is 0.383 e. The lowest BCUT2D eigenvalue weighted by molar-refractivity contribution is -0.575. The van der Waals surface area contributed by atoms with Gasteiger partial charge in [-0.3, -0.25) is 29.4 Å². The topological polar surface area (TPSA) is 175 Å². The van der Waals surface area contributed by atoms with E-state index in [9.17, 15) is 34.4 Å². The molecule has 0 aromatic heterocycles. The van der Waals surface area contributed by atoms with Gasteiger partial charge in [-0.25, -0.2) is 4.79 Å². The molecule has 2 N–H and O–H groups in total. The maximum Gasteiger partial charge on any atom is 0.383 e. The van der Waals surface area contributed by atoms with Crippen LogP contribution in [0.4, 0.5) is 0 Å². The Labute approximate surface area is 234 Å². The van der Waals surface area contributed by atoms with Gasteiger partial charge in [0, 0.05) is 0 Å². The lowest BCUT2D eigenvalue weighted by Crippen LogP contribution is -2.70. The highest BCUT2D eigenvalue weighted by atomic mass is 79.9. The number of benzene rings is 2. The third kappa shape index (κ3) is 7.06. The van der Waals surface area contributed by atoms with Crippen LogP contribution in [0.2, 0.25) is 0 Å². The summed E-state index contributed by atoms with van der Waals surface area (Å²) in [6, 6.07) is 12.5. The zero-order valence-corrected chi connectivity index (χ0v) is 22.6. The number of allylic oxidation sites excluding steroid dienone is 1. The van der Waals surface area contributed by atoms with Gasteiger partial charge in [0.15, 0.2) is 17.9 Å². The number of likely N-dealkylation sites (tertiary alicyclic amines) is 1. The Kier molecular flexibility index (Phi) is 10.3. The van der Waals surface area contributed by atoms with Crippen LogP contribution in [-0.2, 0) is 23.9 Å². The Morgan fingerprint density at radius 3 is 2.41 bits per heavy atom. The molecule has 0 aliphatic carbocycles. The van der Waals surface area contributed by atoms with Gasteiger partial charge < -0.3 is 24.6 Å². The summed E-state index contributed by atoms with van der Waals surface area (Å²) in [5.74, 6) is -2.66. The predicted molar refractivity (Wildman–Crippen MR) is 141 cm³/mol. The lowest BCUT2D eigenvalue weighted by Gasteiger charge is -2.45. The normalized spacial score (nSPS) is 17.7. The summed E-state index contributed by atoms with van der Waals surface area (Å²) < 4.78 is 15.5. The molecule has 1 saturated heterocycles. The minimum atomic E-state index is -1.93. The van der Waals surface area contributed by atoms with Crippen molar-refractivity contribution < 1.29 is 43.4 Å². The number of hydrogen-bond donors (Lipinski definition) is 2. The van der Waals surface area contributed by atoms with E-state index in [0.717, 1.165) is 4.90 Å². The molecule has 0 bridgehead atoms. The molecule has 3 rings (SSSR count). The summed E-state index contributed by atoms with van der Waals surface area (Å²) in [4.78, 5) is 61.3. The molecule has 13 nitrogen and oxygen atoms in total. The first-order chi connectivity index (χ1) is 18.7. The number of thioether (sulfide) groups is 1. The quantitative estimate of drug-likeness (QED) is 0.0385. The number of ether oxygens (including phenoxy) is 3. The third-order valence-electron chi connectivity index (χ3n) is 5.31. The Bertz CT molecular complexity index is 1260. The summed E-state index contributed by atoms with van der Waals surface area (Å²) in [5.41, 5.74) is -0.280. The molecule has 2 aromatic rings. The molecule has 0 spiro atoms. The van der Waals surface area contributed by atoms with Crippen molar-refractivity contribution in [3.05, 3.63) is 81.7 Å². The molecule has 15 heteroatoms. The molecule has 2 amide bonds. The molecule has 1 aliphatic heterocycles. The molecular formula is C24H22BrN3O10S. The Morgan fingerprint density at radius 2 is 1.85 bits per heavy atom. The third-order valence-corrected chi connectivity index (χ3v) is 6.72. The van der Waals surface area contributed by atoms with Crippen LogP contribution in [-0.4, -0.2) is 68.8 Å². The maximum absolute atomic E-state index is 13.0. The van der Waals surface area contributed by atoms with Gasteiger partial charge in [0.25, 0.3) is 11.8 Å². The minimum Gasteiger partial charge on any atom is -0.509 e. The van der Waals surface area contributed by atoms with E-state index < -0.39 is 58.4 Å². The highest BCUT2D eigenvalue weighted by Crippen LogP contribution is 2.35. The summed E-state index contributed by atoms with van der Waals surface area (Å²) in [6.07, 6.45) is -1.93. The van der Waals surface area contributed by atoms with E-state index in [4.69, 9.17) is 14.2 Å². The van der Waals surface area contributed by atoms with Crippen molar-refractivity contribution in [2.75, 3.05) is 19.0 Å². The van der Waals surface area contributed by atoms with E-state index in [2.05, 4.69) is 21.2 Å². The van der Waals surface area contributed by atoms with Crippen LogP contribution in [0.1, 0.15) is 11.8 Å². The van der Waals surface area contributed by atoms with Gasteiger partial charge in [0.2, 0.25) is 0 Å². The van der Waals surface area contributed by atoms with Crippen LogP contribution in [0.5, 0.6) is 11.5 Å². The fourth-order valence-corrected chi connectivity index (χ4v) is 4.55. The average Bonchev–Trinajstić information content (AvgIpc) is 2.95. The van der Waals surface area contributed by atoms with Crippen LogP contribution in [0, 0.1) is 10.1 Å². The Hall–Kier alpha value is -4.11. The number of rotatable bonds is 13. The number of nitrogens with zero attached hydrogens (tertiary/aromatic N) is 2. The van der Waals surface area contributed by atoms with E-state index >= 15 is 0 Å². The van der Waals surface area contributed by atoms with E-state index in [1.807, 2.05) is 0 Å². The number of alkyl halides is 1. The summed E-state index contributed by atoms with van der Waals surface area (Å²) >= 11 is 3.52. The number of aliphatic hydroxyl groups excluding tert-OH is 1. The van der Waals surface area contributed by atoms with Crippen LogP contribution in [0.15, 0.2) is 66.1 Å². The van der Waals surface area contributed by atoms with Gasteiger partial charge in [-0.2, -0.15) is 0 Å². The van der Waals surface area contributed by atoms with Crippen molar-refractivity contribution >= 4 is 51.1 Å². The van der Waals surface area contributed by atoms with Crippen LogP contribution in [0.3, 0.4) is 0 Å². The highest BCUT2D eigenvalue weighted by Gasteiger charge is 2.53. The van der Waals surface area contributed by atoms with Gasteiger partial charge in [0.05, 0.1) is 22.9 Å². The Morgan fingerprint density at radius 1 is 1.21 bits per heavy atom. The SMILES string of the molecule is COc1ccc(OCC(=O)NC2C(=O)N(C(C(=O)OC(c3ccccc3)[N+](=O)[O-])=C(O)CBr)C2SC=O)cc1. The molecule has 39 heavy (non-hydrogen) atoms. The van der Waals surface area contributed by atoms with E-state index in [1.165, 1.54) is 31.4 Å². The number of nitro groups is 1. The maximum atomic E-state index is 13.0. The van der Waals surface area contributed by atoms with Gasteiger partial charge in [-0.05, 0) is 36.4 Å². The minimum absolute atomic E-state index is 0.0456. The number of aliphatic hydroxyl groups is 1. The fraction of sp³-hybridized carbons (Fsp3) is 0.250. The molecule has 0 saturated carbocycles. The van der Waals surface area contributed by atoms with Crippen LogP contribution < -0.4 is 14.8 Å². The number of amides is 2. The van der Waals surface area contributed by atoms with Crippen molar-refractivity contribution in [1.29, 1.82) is 0 Å². The first kappa shape index (κ1) is 29.4. The molecule has 3 atom stereocenters. The van der Waals surface area contributed by atoms with Gasteiger partial charge in [0.1, 0.15) is 28.7 Å². The molecule has 0 radical (unpaired) electrons. The highest BCUT2D eigenvalue weighted by molar-refractivity contribution is 9.09. The standard InChI is InChI=1S/C24H22BrN3O10S/c1-36-15-7-9-16(10-8-15)37-12-18(31)26-19-21(32)27(23(19)39-13-29)20(17(30)11-25)24(33)38-22(28(34)35)14-5-3-2-4-6-14/h2-10,13,19,22-23,30H,11-12H2,1H3,(H,26,31). The molecule has 1 heterocycles. The molecule has 2 aromatic carbocycles. The second kappa shape index (κ2) is 13.6. The van der Waals surface area contributed by atoms with Crippen molar-refractivity contribution in [1.82, 2.24) is 10.2 Å². The van der Waals surface area contributed by atoms with Gasteiger partial charge in [-0.1, -0.05) is 45.9 Å². The summed E-state index contributed by atoms with van der Waals surface area (Å²) in [7, 11) is 1.50. The predicted octanol–water partition coefficient (Wildman–Crippen LogP) is 2.33. The van der Waals surface area contributed by atoms with Crippen LogP contribution >= 0.6 is 27.7 Å². The zero-order chi connectivity index (χ0) is 28.5. The Balaban J connectivity index is 1.74. The number of nitrogens with one attached hydrogen (secondary N) is 1. The zero-order valence-electron chi connectivity index (χ0n) is 20.2. The molecule has 1 aliphatic rings. The number of β-lactam (4-membered cyclic amide) rings is 1. The lowest BCUT2D eigenvalue weighted by atomic mass is 10.1. The molecule has 1 fully saturated rings. The van der Waals surface area contributed by atoms with E-state index in [0.29, 0.717) is 28.9 Å². The average molecular weight is 624 g/mol. The van der Waals surface area contributed by atoms with Crippen LogP contribution in [0.25, 0.3) is 0 Å². The first-order valence-corrected chi connectivity index (χ1v) is 13.1. The second-order valence-corrected chi connectivity index (χ2v) is 9.23. The number of esters is 1. The van der Waals surface area contributed by atoms with Crippen molar-refractivity contribution in [3.63, 3.8) is 0 Å². The molecule has 3 unspecified atom stereocenters. The monoisotopic (exact) mass is 623 g/mol. The number of hydrogen-bond acceptors (Lipinski definition) is 11. The van der Waals surface area contributed by atoms with Crippen molar-refractivity contribution in [2.45, 2.75) is 17.6 Å². The first-order valence-electron chi connectivity index (χ1n) is 11.1. The summed E-state index contributed by atoms with van der Waals surface area (Å²) in [6.45, 7) is -0.465. The summed E-state index contributed by atoms with van der Waals surface area (Å²) in [5, 5.41) is 23.0. The van der Waals surface area contributed by atoms with Gasteiger partial charge >= 0.3 is 12.2 Å². The second-order valence-electron chi connectivity index (χ2n) is 7.72. The number of carbonyl (C=O) groups excluding carboxylic acids is 4. The largest absolute Gasteiger partial charge is 0.509 e. The van der Waals surface area contributed by atoms with Crippen molar-refractivity contribution in [2.24, 2.45) is 0 Å². The van der Waals surface area contributed by atoms with E-state index in [1.54, 1.807) is 30.3 Å². The molecular weight excluding hydrogens is 602 g/mol. The van der Waals surface area contributed by atoms with E-state index in [-0.39, 0.29) is 10.9 Å². The fourth-order valence-electron chi connectivity index (χ4n) is 3.49. The number of methoxy groups -OCH3 is 1. The number of halogens is 1. The van der Waals surface area contributed by atoms with Gasteiger partial charge in [-0.15, -0.1) is 0 Å². The molecule has 206 valence electrons. The van der Waals surface area contributed by atoms with Crippen molar-refractivity contribution in [3.8, 4) is 11.5 Å². The number of carbonyl (C=O) groups is 4.